The number of nitrogens with zero attached hydrogens (tertiary/aromatic N) is 1. The summed E-state index contributed by atoms with van der Waals surface area (Å²) in [5, 5.41) is 5.50. The Kier molecular flexibility index (Phi) is 7.42. The maximum atomic E-state index is 12.2. The van der Waals surface area contributed by atoms with Gasteiger partial charge in [-0.05, 0) is 80.9 Å². The lowest BCUT2D eigenvalue weighted by Crippen LogP contribution is -2.42. The van der Waals surface area contributed by atoms with Crippen molar-refractivity contribution >= 4 is 17.5 Å². The first-order valence-electron chi connectivity index (χ1n) is 10.4. The summed E-state index contributed by atoms with van der Waals surface area (Å²) >= 11 is 0. The zero-order valence-corrected chi connectivity index (χ0v) is 17.4. The van der Waals surface area contributed by atoms with Crippen LogP contribution in [0.25, 0.3) is 0 Å². The third-order valence-electron chi connectivity index (χ3n) is 5.50. The third kappa shape index (κ3) is 6.71. The van der Waals surface area contributed by atoms with Crippen LogP contribution in [0.1, 0.15) is 29.5 Å². The minimum absolute atomic E-state index is 0.431. The van der Waals surface area contributed by atoms with Crippen LogP contribution >= 0.6 is 0 Å². The van der Waals surface area contributed by atoms with Crippen molar-refractivity contribution in [1.82, 2.24) is 10.2 Å². The molecule has 5 nitrogen and oxygen atoms in total. The number of carbonyl (C=O) groups excluding carboxylic acids is 2. The van der Waals surface area contributed by atoms with Gasteiger partial charge in [0.15, 0.2) is 0 Å². The van der Waals surface area contributed by atoms with Crippen LogP contribution in [0, 0.1) is 19.8 Å². The van der Waals surface area contributed by atoms with E-state index >= 15 is 0 Å². The maximum Gasteiger partial charge on any atom is 0.313 e. The maximum absolute atomic E-state index is 12.2. The predicted molar refractivity (Wildman–Crippen MR) is 117 cm³/mol. The van der Waals surface area contributed by atoms with Gasteiger partial charge in [-0.1, -0.05) is 36.4 Å². The van der Waals surface area contributed by atoms with Gasteiger partial charge in [-0.15, -0.1) is 0 Å². The Morgan fingerprint density at radius 3 is 2.28 bits per heavy atom. The molecule has 0 atom stereocenters. The summed E-state index contributed by atoms with van der Waals surface area (Å²) in [7, 11) is 0. The van der Waals surface area contributed by atoms with Crippen LogP contribution in [-0.4, -0.2) is 42.9 Å². The molecule has 1 fully saturated rings. The second-order valence-corrected chi connectivity index (χ2v) is 8.06. The number of piperidine rings is 1. The fraction of sp³-hybridized carbons (Fsp3) is 0.417. The first-order chi connectivity index (χ1) is 14.0. The summed E-state index contributed by atoms with van der Waals surface area (Å²) in [5.41, 5.74) is 4.14. The summed E-state index contributed by atoms with van der Waals surface area (Å²) in [6.07, 6.45) is 3.17. The highest BCUT2D eigenvalue weighted by molar-refractivity contribution is 6.39. The van der Waals surface area contributed by atoms with Crippen molar-refractivity contribution in [2.45, 2.75) is 33.1 Å². The van der Waals surface area contributed by atoms with Crippen molar-refractivity contribution in [2.75, 3.05) is 31.5 Å². The Bertz CT molecular complexity index is 807. The molecule has 3 rings (SSSR count). The molecule has 1 aliphatic heterocycles. The Labute approximate surface area is 173 Å². The topological polar surface area (TPSA) is 61.4 Å². The number of anilines is 1. The van der Waals surface area contributed by atoms with E-state index in [4.69, 9.17) is 0 Å². The third-order valence-corrected chi connectivity index (χ3v) is 5.50. The quantitative estimate of drug-likeness (QED) is 0.740. The van der Waals surface area contributed by atoms with Gasteiger partial charge in [-0.3, -0.25) is 9.59 Å². The van der Waals surface area contributed by atoms with Gasteiger partial charge in [-0.2, -0.15) is 0 Å². The van der Waals surface area contributed by atoms with Crippen molar-refractivity contribution in [3.63, 3.8) is 0 Å². The van der Waals surface area contributed by atoms with Crippen LogP contribution in [0.5, 0.6) is 0 Å². The van der Waals surface area contributed by atoms with E-state index in [1.54, 1.807) is 0 Å². The van der Waals surface area contributed by atoms with Crippen LogP contribution in [0.4, 0.5) is 5.69 Å². The normalized spacial score (nSPS) is 15.1. The molecule has 0 unspecified atom stereocenters. The van der Waals surface area contributed by atoms with Crippen LogP contribution in [0.15, 0.2) is 48.5 Å². The molecule has 0 spiro atoms. The van der Waals surface area contributed by atoms with Gasteiger partial charge in [0.05, 0.1) is 0 Å². The van der Waals surface area contributed by atoms with E-state index in [0.29, 0.717) is 18.2 Å². The Balaban J connectivity index is 1.36. The van der Waals surface area contributed by atoms with Gasteiger partial charge < -0.3 is 15.5 Å². The van der Waals surface area contributed by atoms with Crippen molar-refractivity contribution in [1.29, 1.82) is 0 Å². The predicted octanol–water partition coefficient (Wildman–Crippen LogP) is 3.31. The lowest BCUT2D eigenvalue weighted by molar-refractivity contribution is -0.136. The van der Waals surface area contributed by atoms with E-state index in [1.165, 1.54) is 5.56 Å². The number of likely N-dealkylation sites (tertiary alicyclic amines) is 1. The molecular formula is C24H31N3O2. The first-order valence-corrected chi connectivity index (χ1v) is 10.4. The first kappa shape index (κ1) is 21.1. The summed E-state index contributed by atoms with van der Waals surface area (Å²) in [5.74, 6) is -0.730. The van der Waals surface area contributed by atoms with Crippen molar-refractivity contribution < 1.29 is 9.59 Å². The van der Waals surface area contributed by atoms with Gasteiger partial charge in [0.2, 0.25) is 0 Å². The molecule has 1 saturated heterocycles. The summed E-state index contributed by atoms with van der Waals surface area (Å²) in [4.78, 5) is 26.8. The second-order valence-electron chi connectivity index (χ2n) is 8.06. The highest BCUT2D eigenvalue weighted by atomic mass is 16.2. The van der Waals surface area contributed by atoms with Gasteiger partial charge in [-0.25, -0.2) is 0 Å². The number of aryl methyl sites for hydroxylation is 2. The fourth-order valence-corrected chi connectivity index (χ4v) is 3.90. The summed E-state index contributed by atoms with van der Waals surface area (Å²) < 4.78 is 0. The van der Waals surface area contributed by atoms with Gasteiger partial charge in [0, 0.05) is 18.8 Å². The molecule has 1 heterocycles. The van der Waals surface area contributed by atoms with Gasteiger partial charge in [0.1, 0.15) is 0 Å². The van der Waals surface area contributed by atoms with Crippen molar-refractivity contribution in [3.8, 4) is 0 Å². The molecule has 154 valence electrons. The van der Waals surface area contributed by atoms with E-state index in [-0.39, 0.29) is 0 Å². The molecule has 2 aromatic rings. The lowest BCUT2D eigenvalue weighted by atomic mass is 9.96. The average molecular weight is 394 g/mol. The molecule has 0 radical (unpaired) electrons. The smallest absolute Gasteiger partial charge is 0.313 e. The Morgan fingerprint density at radius 1 is 0.966 bits per heavy atom. The average Bonchev–Trinajstić information content (AvgIpc) is 2.71. The van der Waals surface area contributed by atoms with Gasteiger partial charge >= 0.3 is 11.8 Å². The molecule has 0 aliphatic carbocycles. The van der Waals surface area contributed by atoms with Crippen LogP contribution < -0.4 is 10.6 Å². The largest absolute Gasteiger partial charge is 0.348 e. The SMILES string of the molecule is Cc1cc(C)cc(NC(=O)C(=O)NCC2CCN(CCc3ccccc3)CC2)c1. The molecule has 0 bridgehead atoms. The summed E-state index contributed by atoms with van der Waals surface area (Å²) in [6.45, 7) is 7.65. The number of hydrogen-bond donors (Lipinski definition) is 2. The van der Waals surface area contributed by atoms with Crippen LogP contribution in [0.3, 0.4) is 0 Å². The fourth-order valence-electron chi connectivity index (χ4n) is 3.90. The highest BCUT2D eigenvalue weighted by Crippen LogP contribution is 2.17. The lowest BCUT2D eigenvalue weighted by Gasteiger charge is -2.32. The number of nitrogens with one attached hydrogen (secondary N) is 2. The van der Waals surface area contributed by atoms with Crippen molar-refractivity contribution in [2.24, 2.45) is 5.92 Å². The van der Waals surface area contributed by atoms with E-state index in [2.05, 4.69) is 39.8 Å². The van der Waals surface area contributed by atoms with Crippen LogP contribution in [0.2, 0.25) is 0 Å². The molecule has 5 heteroatoms. The minimum atomic E-state index is -0.602. The minimum Gasteiger partial charge on any atom is -0.348 e. The van der Waals surface area contributed by atoms with E-state index in [0.717, 1.165) is 50.0 Å². The second kappa shape index (κ2) is 10.2. The Hall–Kier alpha value is -2.66. The number of rotatable bonds is 6. The molecule has 2 aromatic carbocycles. The zero-order chi connectivity index (χ0) is 20.6. The molecular weight excluding hydrogens is 362 g/mol. The molecule has 29 heavy (non-hydrogen) atoms. The van der Waals surface area contributed by atoms with E-state index in [1.807, 2.05) is 38.1 Å². The van der Waals surface area contributed by atoms with Crippen LogP contribution in [-0.2, 0) is 16.0 Å². The van der Waals surface area contributed by atoms with Crippen molar-refractivity contribution in [3.05, 3.63) is 65.2 Å². The van der Waals surface area contributed by atoms with E-state index < -0.39 is 11.8 Å². The number of carbonyl (C=O) groups is 2. The monoisotopic (exact) mass is 393 g/mol. The van der Waals surface area contributed by atoms with Gasteiger partial charge in [0.25, 0.3) is 0 Å². The zero-order valence-electron chi connectivity index (χ0n) is 17.4. The number of benzene rings is 2. The molecule has 0 aromatic heterocycles. The van der Waals surface area contributed by atoms with E-state index in [9.17, 15) is 9.59 Å². The summed E-state index contributed by atoms with van der Waals surface area (Å²) in [6, 6.07) is 16.3. The molecule has 1 aliphatic rings. The highest BCUT2D eigenvalue weighted by Gasteiger charge is 2.21. The number of amides is 2. The molecule has 2 amide bonds. The molecule has 2 N–H and O–H groups in total. The number of hydrogen-bond acceptors (Lipinski definition) is 3. The Morgan fingerprint density at radius 2 is 1.62 bits per heavy atom. The molecule has 0 saturated carbocycles. The standard InChI is InChI=1S/C24H31N3O2/c1-18-14-19(2)16-22(15-18)26-24(29)23(28)25-17-21-9-12-27(13-10-21)11-8-20-6-4-3-5-7-20/h3-7,14-16,21H,8-13,17H2,1-2H3,(H,25,28)(H,26,29).